The highest BCUT2D eigenvalue weighted by Gasteiger charge is 2.23. The highest BCUT2D eigenvalue weighted by Crippen LogP contribution is 2.34. The minimum absolute atomic E-state index is 0. The fourth-order valence-corrected chi connectivity index (χ4v) is 5.25. The Morgan fingerprint density at radius 3 is 2.45 bits per heavy atom. The number of aliphatic carboxylic acids is 1. The number of aromatic nitrogens is 1. The molecule has 1 heterocycles. The molecule has 2 aromatic rings. The number of benzene rings is 1. The summed E-state index contributed by atoms with van der Waals surface area (Å²) in [5.74, 6) is -1.34. The fourth-order valence-electron chi connectivity index (χ4n) is 5.25. The Morgan fingerprint density at radius 1 is 1.15 bits per heavy atom. The van der Waals surface area contributed by atoms with E-state index < -0.39 is 17.8 Å². The van der Waals surface area contributed by atoms with Crippen molar-refractivity contribution in [3.8, 4) is 0 Å². The Balaban J connectivity index is 0.00000306. The normalized spacial score (nSPS) is 18.2. The average molecular weight is 480 g/mol. The number of fused-ring (bicyclic) bond motifs is 1. The van der Waals surface area contributed by atoms with Gasteiger partial charge in [-0.3, -0.25) is 9.59 Å². The Bertz CT molecular complexity index is 1030. The summed E-state index contributed by atoms with van der Waals surface area (Å²) >= 11 is 0. The van der Waals surface area contributed by atoms with E-state index in [1.807, 2.05) is 12.3 Å². The summed E-state index contributed by atoms with van der Waals surface area (Å²) in [4.78, 5) is 24.6. The molecule has 1 aromatic heterocycles. The van der Waals surface area contributed by atoms with Gasteiger partial charge in [0.25, 0.3) is 0 Å². The summed E-state index contributed by atoms with van der Waals surface area (Å²) in [6, 6.07) is 3.00. The first-order chi connectivity index (χ1) is 15.5. The zero-order valence-electron chi connectivity index (χ0n) is 19.2. The lowest BCUT2D eigenvalue weighted by atomic mass is 9.95. The van der Waals surface area contributed by atoms with Crippen LogP contribution in [0.3, 0.4) is 0 Å². The summed E-state index contributed by atoms with van der Waals surface area (Å²) < 4.78 is 17.2. The minimum Gasteiger partial charge on any atom is -0.480 e. The first kappa shape index (κ1) is 25.5. The van der Waals surface area contributed by atoms with Crippen LogP contribution in [0.1, 0.15) is 82.7 Å². The molecule has 0 radical (unpaired) electrons. The van der Waals surface area contributed by atoms with E-state index in [0.717, 1.165) is 56.9 Å². The lowest BCUT2D eigenvalue weighted by molar-refractivity contribution is -0.139. The molecule has 1 atom stereocenters. The Hall–Kier alpha value is -2.12. The van der Waals surface area contributed by atoms with E-state index in [2.05, 4.69) is 15.2 Å². The van der Waals surface area contributed by atoms with E-state index in [4.69, 9.17) is 0 Å². The third-order valence-electron chi connectivity index (χ3n) is 7.12. The largest absolute Gasteiger partial charge is 0.480 e. The van der Waals surface area contributed by atoms with Gasteiger partial charge >= 0.3 is 5.97 Å². The number of hydrogen-bond acceptors (Lipinski definition) is 4. The van der Waals surface area contributed by atoms with Crippen LogP contribution in [0.25, 0.3) is 10.9 Å². The van der Waals surface area contributed by atoms with Gasteiger partial charge in [-0.05, 0) is 44.2 Å². The van der Waals surface area contributed by atoms with E-state index >= 15 is 4.39 Å². The number of nitrogens with zero attached hydrogens (tertiary/aromatic N) is 1. The van der Waals surface area contributed by atoms with Crippen LogP contribution >= 0.6 is 12.4 Å². The molecule has 182 valence electrons. The second kappa shape index (κ2) is 11.3. The summed E-state index contributed by atoms with van der Waals surface area (Å²) in [6.45, 7) is 1.94. The van der Waals surface area contributed by atoms with Crippen LogP contribution in [0.15, 0.2) is 23.1 Å². The van der Waals surface area contributed by atoms with Crippen LogP contribution < -0.4 is 16.1 Å². The third kappa shape index (κ3) is 5.69. The van der Waals surface area contributed by atoms with Crippen molar-refractivity contribution >= 4 is 35.0 Å². The van der Waals surface area contributed by atoms with Crippen molar-refractivity contribution in [3.63, 3.8) is 0 Å². The van der Waals surface area contributed by atoms with Crippen LogP contribution in [0.2, 0.25) is 0 Å². The maximum Gasteiger partial charge on any atom is 0.320 e. The molecule has 6 nitrogen and oxygen atoms in total. The van der Waals surface area contributed by atoms with Crippen molar-refractivity contribution in [1.82, 2.24) is 9.88 Å². The first-order valence-corrected chi connectivity index (χ1v) is 12.1. The molecular weight excluding hydrogens is 445 g/mol. The van der Waals surface area contributed by atoms with Gasteiger partial charge in [-0.25, -0.2) is 4.39 Å². The van der Waals surface area contributed by atoms with Crippen LogP contribution in [-0.2, 0) is 11.3 Å². The van der Waals surface area contributed by atoms with Gasteiger partial charge in [0.1, 0.15) is 11.9 Å². The molecule has 3 N–H and O–H groups in total. The van der Waals surface area contributed by atoms with Crippen molar-refractivity contribution < 1.29 is 14.3 Å². The molecule has 1 unspecified atom stereocenters. The van der Waals surface area contributed by atoms with Crippen LogP contribution in [0.5, 0.6) is 0 Å². The summed E-state index contributed by atoms with van der Waals surface area (Å²) in [6.07, 6.45) is 12.2. The molecule has 1 aromatic carbocycles. The minimum atomic E-state index is -0.936. The van der Waals surface area contributed by atoms with E-state index in [0.29, 0.717) is 23.1 Å². The molecule has 2 fully saturated rings. The van der Waals surface area contributed by atoms with Gasteiger partial charge in [0.2, 0.25) is 0 Å². The molecule has 0 bridgehead atoms. The number of rotatable bonds is 8. The Kier molecular flexibility index (Phi) is 8.76. The lowest BCUT2D eigenvalue weighted by Crippen LogP contribution is -2.37. The predicted molar refractivity (Wildman–Crippen MR) is 132 cm³/mol. The molecule has 0 amide bonds. The third-order valence-corrected chi connectivity index (χ3v) is 7.12. The fraction of sp³-hybridized carbons (Fsp3) is 0.600. The Morgan fingerprint density at radius 2 is 1.82 bits per heavy atom. The SMILES string of the molecule is CCC(NCc1cn(C2CCCC2)c2cc(NC3CCCCC3)c(F)cc2c1=O)C(=O)O.Cl. The van der Waals surface area contributed by atoms with Crippen molar-refractivity contribution in [2.45, 2.75) is 95.8 Å². The van der Waals surface area contributed by atoms with Gasteiger partial charge in [-0.2, -0.15) is 0 Å². The van der Waals surface area contributed by atoms with E-state index in [1.165, 1.54) is 12.5 Å². The molecule has 0 aliphatic heterocycles. The molecular formula is C25H35ClFN3O3. The van der Waals surface area contributed by atoms with E-state index in [1.54, 1.807) is 6.92 Å². The van der Waals surface area contributed by atoms with Gasteiger partial charge in [0.15, 0.2) is 5.43 Å². The zero-order chi connectivity index (χ0) is 22.7. The predicted octanol–water partition coefficient (Wildman–Crippen LogP) is 5.37. The number of halogens is 2. The molecule has 2 saturated carbocycles. The summed E-state index contributed by atoms with van der Waals surface area (Å²) in [7, 11) is 0. The van der Waals surface area contributed by atoms with Gasteiger partial charge in [-0.1, -0.05) is 39.0 Å². The highest BCUT2D eigenvalue weighted by atomic mass is 35.5. The smallest absolute Gasteiger partial charge is 0.320 e. The standard InChI is InChI=1S/C25H34FN3O3.ClH/c1-2-21(25(31)32)27-14-16-15-29(18-10-6-7-11-18)23-13-22(20(26)12-19(23)24(16)30)28-17-8-4-3-5-9-17;/h12-13,15,17-18,21,27-28H,2-11,14H2,1H3,(H,31,32);1H. The quantitative estimate of drug-likeness (QED) is 0.473. The van der Waals surface area contributed by atoms with E-state index in [-0.39, 0.29) is 36.5 Å². The van der Waals surface area contributed by atoms with Crippen LogP contribution in [-0.4, -0.2) is 27.7 Å². The van der Waals surface area contributed by atoms with Gasteiger partial charge in [0, 0.05) is 35.8 Å². The summed E-state index contributed by atoms with van der Waals surface area (Å²) in [5, 5.41) is 16.0. The highest BCUT2D eigenvalue weighted by molar-refractivity contribution is 5.85. The number of nitrogens with one attached hydrogen (secondary N) is 2. The molecule has 8 heteroatoms. The zero-order valence-corrected chi connectivity index (χ0v) is 20.1. The van der Waals surface area contributed by atoms with Crippen LogP contribution in [0, 0.1) is 5.82 Å². The number of hydrogen-bond donors (Lipinski definition) is 3. The molecule has 33 heavy (non-hydrogen) atoms. The van der Waals surface area contributed by atoms with Crippen LogP contribution in [0.4, 0.5) is 10.1 Å². The van der Waals surface area contributed by atoms with Crippen molar-refractivity contribution in [3.05, 3.63) is 39.9 Å². The van der Waals surface area contributed by atoms with Crippen molar-refractivity contribution in [2.75, 3.05) is 5.32 Å². The first-order valence-electron chi connectivity index (χ1n) is 12.1. The van der Waals surface area contributed by atoms with Gasteiger partial charge in [0.05, 0.1) is 11.2 Å². The number of carboxylic acids is 1. The van der Waals surface area contributed by atoms with E-state index in [9.17, 15) is 14.7 Å². The maximum absolute atomic E-state index is 15.1. The lowest BCUT2D eigenvalue weighted by Gasteiger charge is -2.25. The van der Waals surface area contributed by atoms with Gasteiger partial charge in [-0.15, -0.1) is 12.4 Å². The molecule has 2 aliphatic rings. The topological polar surface area (TPSA) is 83.4 Å². The second-order valence-corrected chi connectivity index (χ2v) is 9.34. The monoisotopic (exact) mass is 479 g/mol. The number of carboxylic acid groups (broad SMARTS) is 1. The molecule has 0 saturated heterocycles. The van der Waals surface area contributed by atoms with Crippen molar-refractivity contribution in [2.24, 2.45) is 0 Å². The Labute approximate surface area is 200 Å². The molecule has 4 rings (SSSR count). The number of anilines is 1. The van der Waals surface area contributed by atoms with Crippen molar-refractivity contribution in [1.29, 1.82) is 0 Å². The average Bonchev–Trinajstić information content (AvgIpc) is 3.32. The molecule has 2 aliphatic carbocycles. The number of pyridine rings is 1. The second-order valence-electron chi connectivity index (χ2n) is 9.34. The maximum atomic E-state index is 15.1. The number of carbonyl (C=O) groups is 1. The molecule has 0 spiro atoms. The summed E-state index contributed by atoms with van der Waals surface area (Å²) in [5.41, 5.74) is 1.48. The van der Waals surface area contributed by atoms with Gasteiger partial charge < -0.3 is 20.3 Å².